The number of para-hydroxylation sites is 1. The van der Waals surface area contributed by atoms with Crippen LogP contribution >= 0.6 is 11.8 Å². The van der Waals surface area contributed by atoms with Crippen molar-refractivity contribution in [2.24, 2.45) is 0 Å². The van der Waals surface area contributed by atoms with E-state index < -0.39 is 10.1 Å². The summed E-state index contributed by atoms with van der Waals surface area (Å²) in [6, 6.07) is 27.7. The number of hydrogen-bond donors (Lipinski definition) is 0. The van der Waals surface area contributed by atoms with Crippen LogP contribution in [0, 0.1) is 6.92 Å². The van der Waals surface area contributed by atoms with E-state index >= 15 is 0 Å². The Balaban J connectivity index is 0.000000441. The number of hydrogen-bond acceptors (Lipinski definition) is 4. The molecule has 0 amide bonds. The van der Waals surface area contributed by atoms with E-state index in [-0.39, 0.29) is 4.90 Å². The van der Waals surface area contributed by atoms with Crippen molar-refractivity contribution in [2.75, 3.05) is 0 Å². The van der Waals surface area contributed by atoms with Gasteiger partial charge in [0.15, 0.2) is 6.20 Å². The van der Waals surface area contributed by atoms with Crippen LogP contribution in [-0.2, 0) is 16.7 Å². The number of benzene rings is 3. The second kappa shape index (κ2) is 22.0. The van der Waals surface area contributed by atoms with E-state index in [4.69, 9.17) is 0 Å². The van der Waals surface area contributed by atoms with E-state index in [1.165, 1.54) is 136 Å². The summed E-state index contributed by atoms with van der Waals surface area (Å²) in [5.74, 6) is 0. The van der Waals surface area contributed by atoms with Crippen LogP contribution in [0.25, 0.3) is 10.9 Å². The second-order valence-corrected chi connectivity index (χ2v) is 14.9. The Morgan fingerprint density at radius 3 is 1.65 bits per heavy atom. The molecular weight excluding hydrogens is 607 g/mol. The van der Waals surface area contributed by atoms with Gasteiger partial charge in [-0.1, -0.05) is 157 Å². The quantitative estimate of drug-likeness (QED) is 0.0537. The molecule has 4 aromatic rings. The Morgan fingerprint density at radius 2 is 1.11 bits per heavy atom. The largest absolute Gasteiger partial charge is 0.744 e. The molecule has 0 saturated heterocycles. The van der Waals surface area contributed by atoms with Crippen molar-refractivity contribution in [1.29, 1.82) is 0 Å². The summed E-state index contributed by atoms with van der Waals surface area (Å²) in [5.41, 5.74) is 2.28. The smallest absolute Gasteiger partial charge is 0.213 e. The highest BCUT2D eigenvalue weighted by Crippen LogP contribution is 2.32. The van der Waals surface area contributed by atoms with Crippen LogP contribution < -0.4 is 4.57 Å². The van der Waals surface area contributed by atoms with Gasteiger partial charge < -0.3 is 4.55 Å². The average Bonchev–Trinajstić information content (AvgIpc) is 3.06. The first-order valence-electron chi connectivity index (χ1n) is 17.5. The normalized spacial score (nSPS) is 11.4. The van der Waals surface area contributed by atoms with Gasteiger partial charge in [0, 0.05) is 28.3 Å². The van der Waals surface area contributed by atoms with Crippen molar-refractivity contribution >= 4 is 32.8 Å². The molecule has 4 rings (SSSR count). The van der Waals surface area contributed by atoms with Gasteiger partial charge in [-0.05, 0) is 43.7 Å². The Kier molecular flexibility index (Phi) is 18.1. The summed E-state index contributed by atoms with van der Waals surface area (Å²) in [7, 11) is -4.27. The molecular formula is C40H55NO3S2. The minimum atomic E-state index is -4.27. The molecule has 0 saturated carbocycles. The highest BCUT2D eigenvalue weighted by Gasteiger charge is 2.13. The van der Waals surface area contributed by atoms with Crippen molar-refractivity contribution in [1.82, 2.24) is 0 Å². The molecule has 0 aliphatic heterocycles. The van der Waals surface area contributed by atoms with Gasteiger partial charge in [0.1, 0.15) is 16.7 Å². The third-order valence-corrected chi connectivity index (χ3v) is 10.4. The fraction of sp³-hybridized carbons (Fsp3) is 0.475. The Bertz CT molecular complexity index is 1490. The maximum Gasteiger partial charge on any atom is 0.213 e. The van der Waals surface area contributed by atoms with E-state index in [2.05, 4.69) is 78.4 Å². The molecule has 0 atom stereocenters. The third kappa shape index (κ3) is 14.8. The lowest BCUT2D eigenvalue weighted by Crippen LogP contribution is -2.34. The molecule has 4 nitrogen and oxygen atoms in total. The standard InChI is InChI=1S/C33H48NS.C7H8O3S/c1-2-3-4-5-6-7-8-9-10-11-12-13-14-15-16-22-28-34-29-27-33(31-25-20-21-26-32(31)34)35-30-23-18-17-19-24-30;1-6-2-4-7(5-3-6)11(8,9)10/h17-21,23-27,29H,2-16,22,28H2,1H3;2-5H,1H3,(H,8,9,10)/q+1;/p-1. The van der Waals surface area contributed by atoms with Crippen molar-refractivity contribution in [3.8, 4) is 0 Å². The van der Waals surface area contributed by atoms with Gasteiger partial charge in [-0.2, -0.15) is 4.57 Å². The third-order valence-electron chi connectivity index (χ3n) is 8.42. The lowest BCUT2D eigenvalue weighted by molar-refractivity contribution is -0.672. The van der Waals surface area contributed by atoms with Crippen molar-refractivity contribution in [3.05, 3.63) is 96.7 Å². The van der Waals surface area contributed by atoms with Gasteiger partial charge in [0.05, 0.1) is 10.3 Å². The van der Waals surface area contributed by atoms with Crippen LogP contribution in [0.3, 0.4) is 0 Å². The zero-order valence-corrected chi connectivity index (χ0v) is 29.8. The predicted octanol–water partition coefficient (Wildman–Crippen LogP) is 11.4. The molecule has 0 aliphatic rings. The summed E-state index contributed by atoms with van der Waals surface area (Å²) in [5, 5.41) is 1.36. The molecule has 0 unspecified atom stereocenters. The van der Waals surface area contributed by atoms with Crippen LogP contribution in [0.4, 0.5) is 0 Å². The maximum absolute atomic E-state index is 10.4. The van der Waals surface area contributed by atoms with Crippen LogP contribution in [-0.4, -0.2) is 13.0 Å². The summed E-state index contributed by atoms with van der Waals surface area (Å²) < 4.78 is 33.6. The van der Waals surface area contributed by atoms with E-state index in [0.29, 0.717) is 0 Å². The molecule has 3 aromatic carbocycles. The van der Waals surface area contributed by atoms with Crippen molar-refractivity contribution < 1.29 is 17.5 Å². The van der Waals surface area contributed by atoms with E-state index in [1.807, 2.05) is 18.7 Å². The van der Waals surface area contributed by atoms with Gasteiger partial charge in [-0.25, -0.2) is 8.42 Å². The Hall–Kier alpha value is -2.67. The molecule has 250 valence electrons. The molecule has 0 fully saturated rings. The van der Waals surface area contributed by atoms with Gasteiger partial charge in [-0.15, -0.1) is 0 Å². The Morgan fingerprint density at radius 1 is 0.609 bits per heavy atom. The summed E-state index contributed by atoms with van der Waals surface area (Å²) in [6.45, 7) is 5.24. The molecule has 0 aliphatic carbocycles. The summed E-state index contributed by atoms with van der Waals surface area (Å²) in [6.07, 6.45) is 25.0. The number of pyridine rings is 1. The number of aryl methyl sites for hydroxylation is 2. The summed E-state index contributed by atoms with van der Waals surface area (Å²) in [4.78, 5) is 2.46. The zero-order valence-electron chi connectivity index (χ0n) is 28.2. The summed E-state index contributed by atoms with van der Waals surface area (Å²) >= 11 is 1.86. The Labute approximate surface area is 283 Å². The van der Waals surface area contributed by atoms with Crippen LogP contribution in [0.2, 0.25) is 0 Å². The van der Waals surface area contributed by atoms with Crippen LogP contribution in [0.15, 0.2) is 106 Å². The first kappa shape index (κ1) is 37.8. The lowest BCUT2D eigenvalue weighted by atomic mass is 10.0. The first-order chi connectivity index (χ1) is 22.4. The number of aromatic nitrogens is 1. The maximum atomic E-state index is 10.4. The van der Waals surface area contributed by atoms with Gasteiger partial charge in [0.25, 0.3) is 0 Å². The SMILES string of the molecule is CCCCCCCCCCCCCCCCCC[n+]1ccc(Sc2ccccc2)c2ccccc21.Cc1ccc(S(=O)(=O)[O-])cc1. The molecule has 46 heavy (non-hydrogen) atoms. The molecule has 0 N–H and O–H groups in total. The van der Waals surface area contributed by atoms with Crippen molar-refractivity contribution in [2.45, 2.75) is 138 Å². The number of rotatable bonds is 20. The van der Waals surface area contributed by atoms with Crippen LogP contribution in [0.1, 0.15) is 115 Å². The van der Waals surface area contributed by atoms with E-state index in [9.17, 15) is 13.0 Å². The highest BCUT2D eigenvalue weighted by molar-refractivity contribution is 7.99. The van der Waals surface area contributed by atoms with Gasteiger partial charge in [-0.3, -0.25) is 0 Å². The minimum Gasteiger partial charge on any atom is -0.744 e. The van der Waals surface area contributed by atoms with Gasteiger partial charge >= 0.3 is 0 Å². The fourth-order valence-electron chi connectivity index (χ4n) is 5.69. The molecule has 6 heteroatoms. The molecule has 0 radical (unpaired) electrons. The van der Waals surface area contributed by atoms with Gasteiger partial charge in [0.2, 0.25) is 5.52 Å². The van der Waals surface area contributed by atoms with E-state index in [0.717, 1.165) is 12.1 Å². The van der Waals surface area contributed by atoms with E-state index in [1.54, 1.807) is 12.1 Å². The average molecular weight is 662 g/mol. The lowest BCUT2D eigenvalue weighted by Gasteiger charge is -2.07. The number of unbranched alkanes of at least 4 members (excludes halogenated alkanes) is 15. The fourth-order valence-corrected chi connectivity index (χ4v) is 7.12. The first-order valence-corrected chi connectivity index (χ1v) is 19.8. The topological polar surface area (TPSA) is 61.1 Å². The number of fused-ring (bicyclic) bond motifs is 1. The molecule has 1 aromatic heterocycles. The van der Waals surface area contributed by atoms with Crippen LogP contribution in [0.5, 0.6) is 0 Å². The predicted molar refractivity (Wildman–Crippen MR) is 193 cm³/mol. The number of nitrogens with zero attached hydrogens (tertiary/aromatic N) is 1. The monoisotopic (exact) mass is 661 g/mol. The second-order valence-electron chi connectivity index (χ2n) is 12.4. The minimum absolute atomic E-state index is 0.178. The molecule has 0 bridgehead atoms. The van der Waals surface area contributed by atoms with Crippen molar-refractivity contribution in [3.63, 3.8) is 0 Å². The zero-order chi connectivity index (χ0) is 32.9. The highest BCUT2D eigenvalue weighted by atomic mass is 32.2. The molecule has 0 spiro atoms. The molecule has 1 heterocycles.